The van der Waals surface area contributed by atoms with Gasteiger partial charge in [-0.05, 0) is 21.5 Å². The third-order valence-corrected chi connectivity index (χ3v) is 4.73. The highest BCUT2D eigenvalue weighted by Crippen LogP contribution is 2.21. The molecular weight excluding hydrogens is 340 g/mol. The van der Waals surface area contributed by atoms with Crippen molar-refractivity contribution in [2.24, 2.45) is 0 Å². The molecule has 0 aliphatic carbocycles. The van der Waals surface area contributed by atoms with Crippen LogP contribution in [0, 0.1) is 0 Å². The lowest BCUT2D eigenvalue weighted by molar-refractivity contribution is 0.104. The summed E-state index contributed by atoms with van der Waals surface area (Å²) >= 11 is 0. The van der Waals surface area contributed by atoms with Crippen LogP contribution in [0.2, 0.25) is 0 Å². The van der Waals surface area contributed by atoms with Gasteiger partial charge >= 0.3 is 0 Å². The topological polar surface area (TPSA) is 17.1 Å². The van der Waals surface area contributed by atoms with Gasteiger partial charge in [-0.15, -0.1) is 0 Å². The van der Waals surface area contributed by atoms with Crippen molar-refractivity contribution < 1.29 is 4.79 Å². The lowest BCUT2D eigenvalue weighted by atomic mass is 9.97. The van der Waals surface area contributed by atoms with Crippen LogP contribution in [0.25, 0.3) is 21.5 Å². The summed E-state index contributed by atoms with van der Waals surface area (Å²) in [7, 11) is 0. The van der Waals surface area contributed by atoms with Gasteiger partial charge in [0.1, 0.15) is 0 Å². The predicted octanol–water partition coefficient (Wildman–Crippen LogP) is 6.91. The first-order chi connectivity index (χ1) is 13.8. The molecule has 0 bridgehead atoms. The van der Waals surface area contributed by atoms with Gasteiger partial charge in [-0.25, -0.2) is 0 Å². The van der Waals surface area contributed by atoms with E-state index < -0.39 is 0 Å². The molecule has 0 radical (unpaired) electrons. The number of rotatable bonds is 2. The summed E-state index contributed by atoms with van der Waals surface area (Å²) in [4.78, 5) is 12.5. The van der Waals surface area contributed by atoms with Crippen LogP contribution in [0.5, 0.6) is 0 Å². The van der Waals surface area contributed by atoms with Crippen molar-refractivity contribution >= 4 is 27.3 Å². The van der Waals surface area contributed by atoms with Crippen molar-refractivity contribution in [3.63, 3.8) is 0 Å². The van der Waals surface area contributed by atoms with E-state index >= 15 is 0 Å². The first kappa shape index (κ1) is 17.7. The fraction of sp³-hybridized carbons (Fsp3) is 0. The quantitative estimate of drug-likeness (QED) is 0.313. The third-order valence-electron chi connectivity index (χ3n) is 4.73. The fourth-order valence-electron chi connectivity index (χ4n) is 3.30. The van der Waals surface area contributed by atoms with Gasteiger partial charge in [0, 0.05) is 11.1 Å². The molecule has 1 heteroatoms. The molecule has 0 aromatic heterocycles. The second-order valence-electron chi connectivity index (χ2n) is 6.57. The van der Waals surface area contributed by atoms with Gasteiger partial charge < -0.3 is 0 Å². The highest BCUT2D eigenvalue weighted by Gasteiger charge is 2.11. The van der Waals surface area contributed by atoms with Gasteiger partial charge in [0.05, 0.1) is 0 Å². The molecule has 1 nitrogen and oxygen atoms in total. The molecule has 0 aliphatic rings. The van der Waals surface area contributed by atoms with E-state index in [2.05, 4.69) is 48.5 Å². The van der Waals surface area contributed by atoms with E-state index in [0.29, 0.717) is 0 Å². The molecule has 0 aliphatic heterocycles. The first-order valence-electron chi connectivity index (χ1n) is 9.34. The monoisotopic (exact) mass is 360 g/mol. The number of carbonyl (C=O) groups excluding carboxylic acids is 1. The van der Waals surface area contributed by atoms with Gasteiger partial charge in [0.2, 0.25) is 0 Å². The molecule has 0 atom stereocenters. The Morgan fingerprint density at radius 3 is 1.50 bits per heavy atom. The first-order valence-corrected chi connectivity index (χ1v) is 9.34. The van der Waals surface area contributed by atoms with Crippen molar-refractivity contribution in [3.8, 4) is 0 Å². The standard InChI is InChI=1S/C17H12O.C10H8/c18-17(14-8-2-1-3-9-14)16-12-6-10-13-7-4-5-11-15(13)16;1-2-6-10-8-4-3-7-9(10)5-1/h1-12H;1-8H. The van der Waals surface area contributed by atoms with Crippen LogP contribution in [0.15, 0.2) is 121 Å². The Kier molecular flexibility index (Phi) is 5.26. The summed E-state index contributed by atoms with van der Waals surface area (Å²) in [5, 5.41) is 4.73. The lowest BCUT2D eigenvalue weighted by Gasteiger charge is -2.05. The summed E-state index contributed by atoms with van der Waals surface area (Å²) in [6.07, 6.45) is 0. The molecule has 5 rings (SSSR count). The Balaban J connectivity index is 0.000000162. The number of hydrogen-bond donors (Lipinski definition) is 0. The molecule has 0 heterocycles. The van der Waals surface area contributed by atoms with E-state index in [9.17, 15) is 4.79 Å². The van der Waals surface area contributed by atoms with Crippen LogP contribution in [-0.4, -0.2) is 5.78 Å². The average Bonchev–Trinajstić information content (AvgIpc) is 2.79. The minimum atomic E-state index is 0.0763. The lowest BCUT2D eigenvalue weighted by Crippen LogP contribution is -2.01. The van der Waals surface area contributed by atoms with Gasteiger partial charge in [-0.1, -0.05) is 121 Å². The van der Waals surface area contributed by atoms with Crippen molar-refractivity contribution in [1.29, 1.82) is 0 Å². The minimum Gasteiger partial charge on any atom is -0.289 e. The molecule has 5 aromatic carbocycles. The molecule has 0 saturated carbocycles. The Labute approximate surface area is 164 Å². The summed E-state index contributed by atoms with van der Waals surface area (Å²) in [5.41, 5.74) is 1.49. The molecule has 0 spiro atoms. The number of carbonyl (C=O) groups is 1. The van der Waals surface area contributed by atoms with Crippen LogP contribution in [0.4, 0.5) is 0 Å². The van der Waals surface area contributed by atoms with Crippen LogP contribution >= 0.6 is 0 Å². The molecule has 0 fully saturated rings. The van der Waals surface area contributed by atoms with Crippen molar-refractivity contribution in [1.82, 2.24) is 0 Å². The van der Waals surface area contributed by atoms with Gasteiger partial charge in [-0.2, -0.15) is 0 Å². The Morgan fingerprint density at radius 1 is 0.429 bits per heavy atom. The summed E-state index contributed by atoms with van der Waals surface area (Å²) in [6, 6.07) is 39.9. The Bertz CT molecular complexity index is 1150. The van der Waals surface area contributed by atoms with E-state index in [0.717, 1.165) is 21.9 Å². The second-order valence-corrected chi connectivity index (χ2v) is 6.57. The number of ketones is 1. The molecule has 0 saturated heterocycles. The van der Waals surface area contributed by atoms with E-state index in [1.807, 2.05) is 72.8 Å². The third kappa shape index (κ3) is 3.84. The zero-order valence-corrected chi connectivity index (χ0v) is 15.5. The zero-order chi connectivity index (χ0) is 19.2. The molecule has 5 aromatic rings. The van der Waals surface area contributed by atoms with E-state index in [-0.39, 0.29) is 5.78 Å². The summed E-state index contributed by atoms with van der Waals surface area (Å²) < 4.78 is 0. The Morgan fingerprint density at radius 2 is 0.893 bits per heavy atom. The van der Waals surface area contributed by atoms with E-state index in [4.69, 9.17) is 0 Å². The highest BCUT2D eigenvalue weighted by molar-refractivity contribution is 6.16. The zero-order valence-electron chi connectivity index (χ0n) is 15.5. The Hall–Kier alpha value is -3.71. The van der Waals surface area contributed by atoms with Crippen molar-refractivity contribution in [2.45, 2.75) is 0 Å². The van der Waals surface area contributed by atoms with E-state index in [1.54, 1.807) is 0 Å². The van der Waals surface area contributed by atoms with Crippen molar-refractivity contribution in [3.05, 3.63) is 132 Å². The number of fused-ring (bicyclic) bond motifs is 2. The second kappa shape index (κ2) is 8.32. The van der Waals surface area contributed by atoms with E-state index in [1.165, 1.54) is 10.8 Å². The molecule has 28 heavy (non-hydrogen) atoms. The number of benzene rings is 5. The minimum absolute atomic E-state index is 0.0763. The predicted molar refractivity (Wildman–Crippen MR) is 118 cm³/mol. The maximum atomic E-state index is 12.5. The molecule has 0 N–H and O–H groups in total. The summed E-state index contributed by atoms with van der Waals surface area (Å²) in [5.74, 6) is 0.0763. The maximum absolute atomic E-state index is 12.5. The van der Waals surface area contributed by atoms with Crippen LogP contribution in [-0.2, 0) is 0 Å². The maximum Gasteiger partial charge on any atom is 0.193 e. The van der Waals surface area contributed by atoms with Crippen LogP contribution < -0.4 is 0 Å². The molecular formula is C27H20O. The SMILES string of the molecule is O=C(c1ccccc1)c1cccc2ccccc12.c1ccc2ccccc2c1. The van der Waals surface area contributed by atoms with Crippen molar-refractivity contribution in [2.75, 3.05) is 0 Å². The van der Waals surface area contributed by atoms with Crippen LogP contribution in [0.1, 0.15) is 15.9 Å². The molecule has 0 amide bonds. The van der Waals surface area contributed by atoms with Crippen LogP contribution in [0.3, 0.4) is 0 Å². The van der Waals surface area contributed by atoms with Gasteiger partial charge in [0.25, 0.3) is 0 Å². The normalized spacial score (nSPS) is 10.3. The molecule has 134 valence electrons. The average molecular weight is 360 g/mol. The highest BCUT2D eigenvalue weighted by atomic mass is 16.1. The summed E-state index contributed by atoms with van der Waals surface area (Å²) in [6.45, 7) is 0. The largest absolute Gasteiger partial charge is 0.289 e. The fourth-order valence-corrected chi connectivity index (χ4v) is 3.30. The smallest absolute Gasteiger partial charge is 0.193 e. The van der Waals surface area contributed by atoms with Gasteiger partial charge in [-0.3, -0.25) is 4.79 Å². The van der Waals surface area contributed by atoms with Gasteiger partial charge in [0.15, 0.2) is 5.78 Å². The molecule has 0 unspecified atom stereocenters. The number of hydrogen-bond acceptors (Lipinski definition) is 1.